The zero-order chi connectivity index (χ0) is 11.1. The number of nitrogens with two attached hydrogens (primary N) is 1. The normalized spacial score (nSPS) is 20.0. The van der Waals surface area contributed by atoms with Gasteiger partial charge in [-0.15, -0.1) is 0 Å². The number of rotatable bonds is 6. The lowest BCUT2D eigenvalue weighted by Crippen LogP contribution is -2.39. The zero-order valence-electron chi connectivity index (χ0n) is 10.2. The smallest absolute Gasteiger partial charge is 0.0599 e. The van der Waals surface area contributed by atoms with E-state index in [9.17, 15) is 0 Å². The molecule has 3 nitrogen and oxygen atoms in total. The van der Waals surface area contributed by atoms with Crippen molar-refractivity contribution in [3.05, 3.63) is 0 Å². The first kappa shape index (κ1) is 12.9. The number of piperidine rings is 1. The molecule has 0 bridgehead atoms. The number of hydrogen-bond acceptors (Lipinski definition) is 3. The van der Waals surface area contributed by atoms with Crippen molar-refractivity contribution in [3.63, 3.8) is 0 Å². The molecule has 1 rings (SSSR count). The van der Waals surface area contributed by atoms with Gasteiger partial charge in [-0.3, -0.25) is 0 Å². The molecule has 1 saturated heterocycles. The summed E-state index contributed by atoms with van der Waals surface area (Å²) < 4.78 is 5.77. The van der Waals surface area contributed by atoms with Crippen molar-refractivity contribution in [2.45, 2.75) is 39.2 Å². The van der Waals surface area contributed by atoms with Gasteiger partial charge in [0.1, 0.15) is 0 Å². The van der Waals surface area contributed by atoms with Crippen LogP contribution in [0.4, 0.5) is 0 Å². The maximum Gasteiger partial charge on any atom is 0.0599 e. The zero-order valence-corrected chi connectivity index (χ0v) is 10.2. The summed E-state index contributed by atoms with van der Waals surface area (Å²) in [5, 5.41) is 0. The van der Waals surface area contributed by atoms with Crippen LogP contribution >= 0.6 is 0 Å². The lowest BCUT2D eigenvalue weighted by molar-refractivity contribution is 0.00523. The predicted molar refractivity (Wildman–Crippen MR) is 63.9 cm³/mol. The third-order valence-electron chi connectivity index (χ3n) is 2.86. The summed E-state index contributed by atoms with van der Waals surface area (Å²) in [4.78, 5) is 2.55. The van der Waals surface area contributed by atoms with E-state index in [1.807, 2.05) is 0 Å². The van der Waals surface area contributed by atoms with Gasteiger partial charge in [-0.05, 0) is 31.7 Å². The highest BCUT2D eigenvalue weighted by molar-refractivity contribution is 4.73. The van der Waals surface area contributed by atoms with Crippen molar-refractivity contribution in [2.24, 2.45) is 11.7 Å². The summed E-state index contributed by atoms with van der Waals surface area (Å²) in [7, 11) is 0. The van der Waals surface area contributed by atoms with Gasteiger partial charge in [0, 0.05) is 26.2 Å². The highest BCUT2D eigenvalue weighted by Gasteiger charge is 2.19. The van der Waals surface area contributed by atoms with Crippen molar-refractivity contribution >= 4 is 0 Å². The second kappa shape index (κ2) is 7.20. The highest BCUT2D eigenvalue weighted by Crippen LogP contribution is 2.14. The van der Waals surface area contributed by atoms with E-state index in [-0.39, 0.29) is 0 Å². The number of nitrogens with zero attached hydrogens (tertiary/aromatic N) is 1. The van der Waals surface area contributed by atoms with E-state index in [4.69, 9.17) is 10.5 Å². The predicted octanol–water partition coefficient (Wildman–Crippen LogP) is 1.47. The van der Waals surface area contributed by atoms with Crippen molar-refractivity contribution in [3.8, 4) is 0 Å². The van der Waals surface area contributed by atoms with Crippen LogP contribution in [0.5, 0.6) is 0 Å². The molecule has 1 fully saturated rings. The molecule has 1 heterocycles. The van der Waals surface area contributed by atoms with Crippen LogP contribution in [-0.2, 0) is 4.74 Å². The van der Waals surface area contributed by atoms with Gasteiger partial charge < -0.3 is 15.4 Å². The molecule has 0 aliphatic carbocycles. The van der Waals surface area contributed by atoms with Crippen molar-refractivity contribution in [1.82, 2.24) is 4.90 Å². The molecule has 0 amide bonds. The molecule has 15 heavy (non-hydrogen) atoms. The number of likely N-dealkylation sites (tertiary alicyclic amines) is 1. The van der Waals surface area contributed by atoms with Gasteiger partial charge in [0.15, 0.2) is 0 Å². The summed E-state index contributed by atoms with van der Waals surface area (Å²) in [5.41, 5.74) is 5.43. The largest absolute Gasteiger partial charge is 0.378 e. The first-order valence-electron chi connectivity index (χ1n) is 6.26. The number of ether oxygens (including phenoxy) is 1. The number of hydrogen-bond donors (Lipinski definition) is 1. The van der Waals surface area contributed by atoms with Gasteiger partial charge in [-0.25, -0.2) is 0 Å². The molecule has 0 unspecified atom stereocenters. The van der Waals surface area contributed by atoms with E-state index in [0.717, 1.165) is 25.5 Å². The molecule has 0 spiro atoms. The molecule has 0 saturated carbocycles. The van der Waals surface area contributed by atoms with Gasteiger partial charge >= 0.3 is 0 Å². The lowest BCUT2D eigenvalue weighted by atomic mass is 10.1. The van der Waals surface area contributed by atoms with Gasteiger partial charge in [0.05, 0.1) is 6.10 Å². The van der Waals surface area contributed by atoms with E-state index < -0.39 is 0 Å². The minimum atomic E-state index is 0.486. The van der Waals surface area contributed by atoms with Crippen LogP contribution < -0.4 is 5.73 Å². The van der Waals surface area contributed by atoms with Gasteiger partial charge in [0.2, 0.25) is 0 Å². The van der Waals surface area contributed by atoms with E-state index in [1.54, 1.807) is 0 Å². The van der Waals surface area contributed by atoms with Gasteiger partial charge in [-0.2, -0.15) is 0 Å². The fourth-order valence-electron chi connectivity index (χ4n) is 2.11. The maximum atomic E-state index is 5.77. The van der Waals surface area contributed by atoms with Gasteiger partial charge in [-0.1, -0.05) is 13.8 Å². The van der Waals surface area contributed by atoms with Crippen LogP contribution in [0.25, 0.3) is 0 Å². The Morgan fingerprint density at radius 2 is 2.00 bits per heavy atom. The second-order valence-corrected chi connectivity index (χ2v) is 4.91. The SMILES string of the molecule is CC(C)CN1CCC(OCCCN)CC1. The van der Waals surface area contributed by atoms with Crippen molar-refractivity contribution in [1.29, 1.82) is 0 Å². The Balaban J connectivity index is 2.07. The Morgan fingerprint density at radius 3 is 2.53 bits per heavy atom. The van der Waals surface area contributed by atoms with Crippen molar-refractivity contribution < 1.29 is 4.74 Å². The molecule has 0 aromatic carbocycles. The van der Waals surface area contributed by atoms with Crippen molar-refractivity contribution in [2.75, 3.05) is 32.8 Å². The standard InChI is InChI=1S/C12H26N2O/c1-11(2)10-14-7-4-12(5-8-14)15-9-3-6-13/h11-12H,3-10,13H2,1-2H3. The summed E-state index contributed by atoms with van der Waals surface area (Å²) in [5.74, 6) is 0.778. The Kier molecular flexibility index (Phi) is 6.22. The quantitative estimate of drug-likeness (QED) is 0.681. The van der Waals surface area contributed by atoms with Crippen LogP contribution in [0.3, 0.4) is 0 Å². The monoisotopic (exact) mass is 214 g/mol. The summed E-state index contributed by atoms with van der Waals surface area (Å²) in [6.45, 7) is 9.78. The average molecular weight is 214 g/mol. The molecule has 1 aliphatic rings. The molecule has 0 aromatic rings. The molecule has 3 heteroatoms. The Labute approximate surface area is 94.0 Å². The van der Waals surface area contributed by atoms with E-state index in [1.165, 1.54) is 32.5 Å². The Hall–Kier alpha value is -0.120. The average Bonchev–Trinajstić information content (AvgIpc) is 2.20. The van der Waals surface area contributed by atoms with E-state index in [0.29, 0.717) is 6.10 Å². The molecule has 0 aromatic heterocycles. The Bertz CT molecular complexity index is 154. The van der Waals surface area contributed by atoms with Crippen LogP contribution in [-0.4, -0.2) is 43.8 Å². The molecular weight excluding hydrogens is 188 g/mol. The molecular formula is C12H26N2O. The minimum Gasteiger partial charge on any atom is -0.378 e. The molecule has 0 radical (unpaired) electrons. The van der Waals surface area contributed by atoms with Gasteiger partial charge in [0.25, 0.3) is 0 Å². The van der Waals surface area contributed by atoms with E-state index in [2.05, 4.69) is 18.7 Å². The Morgan fingerprint density at radius 1 is 1.33 bits per heavy atom. The molecule has 0 atom stereocenters. The van der Waals surface area contributed by atoms with Crippen LogP contribution in [0.15, 0.2) is 0 Å². The summed E-state index contributed by atoms with van der Waals surface area (Å²) in [6.07, 6.45) is 3.86. The minimum absolute atomic E-state index is 0.486. The molecule has 2 N–H and O–H groups in total. The topological polar surface area (TPSA) is 38.5 Å². The third kappa shape index (κ3) is 5.50. The summed E-state index contributed by atoms with van der Waals surface area (Å²) >= 11 is 0. The third-order valence-corrected chi connectivity index (χ3v) is 2.86. The lowest BCUT2D eigenvalue weighted by Gasteiger charge is -2.32. The summed E-state index contributed by atoms with van der Waals surface area (Å²) in [6, 6.07) is 0. The van der Waals surface area contributed by atoms with Crippen LogP contribution in [0, 0.1) is 5.92 Å². The first-order valence-corrected chi connectivity index (χ1v) is 6.26. The highest BCUT2D eigenvalue weighted by atomic mass is 16.5. The van der Waals surface area contributed by atoms with Crippen LogP contribution in [0.1, 0.15) is 33.1 Å². The molecule has 1 aliphatic heterocycles. The molecule has 90 valence electrons. The first-order chi connectivity index (χ1) is 7.22. The van der Waals surface area contributed by atoms with E-state index >= 15 is 0 Å². The fraction of sp³-hybridized carbons (Fsp3) is 1.00. The van der Waals surface area contributed by atoms with Crippen LogP contribution in [0.2, 0.25) is 0 Å². The second-order valence-electron chi connectivity index (χ2n) is 4.91. The maximum absolute atomic E-state index is 5.77. The fourth-order valence-corrected chi connectivity index (χ4v) is 2.11.